The van der Waals surface area contributed by atoms with Crippen molar-refractivity contribution in [2.45, 2.75) is 38.8 Å². The topological polar surface area (TPSA) is 88.7 Å². The second kappa shape index (κ2) is 9.43. The van der Waals surface area contributed by atoms with Gasteiger partial charge < -0.3 is 25.4 Å². The number of nitrogens with one attached hydrogen (secondary N) is 3. The van der Waals surface area contributed by atoms with Gasteiger partial charge in [-0.05, 0) is 37.4 Å². The molecule has 1 aromatic rings. The maximum atomic E-state index is 12.6. The van der Waals surface area contributed by atoms with E-state index < -0.39 is 6.04 Å². The molecule has 2 amide bonds. The minimum atomic E-state index is -0.610. The molecule has 0 aromatic heterocycles. The lowest BCUT2D eigenvalue weighted by Gasteiger charge is -2.23. The second-order valence-electron chi connectivity index (χ2n) is 6.83. The lowest BCUT2D eigenvalue weighted by atomic mass is 10.0. The van der Waals surface area contributed by atoms with Gasteiger partial charge in [-0.2, -0.15) is 0 Å². The van der Waals surface area contributed by atoms with Crippen LogP contribution in [0.5, 0.6) is 11.5 Å². The summed E-state index contributed by atoms with van der Waals surface area (Å²) in [6.45, 7) is 5.38. The lowest BCUT2D eigenvalue weighted by Crippen LogP contribution is -2.51. The number of carbonyl (C=O) groups excluding carboxylic acids is 2. The SMILES string of the molecule is COc1cc(OC)cc(C(=O)NC(C(=O)NCC2CCCN2)C(C)C)c1. The number of carbonyl (C=O) groups is 2. The smallest absolute Gasteiger partial charge is 0.252 e. The van der Waals surface area contributed by atoms with Gasteiger partial charge in [0.15, 0.2) is 0 Å². The van der Waals surface area contributed by atoms with Gasteiger partial charge in [0.2, 0.25) is 5.91 Å². The van der Waals surface area contributed by atoms with Gasteiger partial charge in [0.05, 0.1) is 14.2 Å². The minimum absolute atomic E-state index is 0.0389. The number of methoxy groups -OCH3 is 2. The third-order valence-corrected chi connectivity index (χ3v) is 4.53. The van der Waals surface area contributed by atoms with Crippen molar-refractivity contribution in [1.82, 2.24) is 16.0 Å². The van der Waals surface area contributed by atoms with Crippen molar-refractivity contribution < 1.29 is 19.1 Å². The Hall–Kier alpha value is -2.28. The van der Waals surface area contributed by atoms with E-state index in [-0.39, 0.29) is 17.7 Å². The van der Waals surface area contributed by atoms with Crippen molar-refractivity contribution in [2.75, 3.05) is 27.3 Å². The number of benzene rings is 1. The lowest BCUT2D eigenvalue weighted by molar-refractivity contribution is -0.124. The summed E-state index contributed by atoms with van der Waals surface area (Å²) >= 11 is 0. The molecular formula is C19H29N3O4. The van der Waals surface area contributed by atoms with Gasteiger partial charge in [-0.3, -0.25) is 9.59 Å². The molecule has 3 N–H and O–H groups in total. The monoisotopic (exact) mass is 363 g/mol. The molecule has 2 rings (SSSR count). The highest BCUT2D eigenvalue weighted by Crippen LogP contribution is 2.22. The van der Waals surface area contributed by atoms with Crippen LogP contribution in [0.3, 0.4) is 0 Å². The van der Waals surface area contributed by atoms with E-state index in [4.69, 9.17) is 9.47 Å². The van der Waals surface area contributed by atoms with Crippen molar-refractivity contribution in [3.05, 3.63) is 23.8 Å². The minimum Gasteiger partial charge on any atom is -0.497 e. The van der Waals surface area contributed by atoms with E-state index >= 15 is 0 Å². The van der Waals surface area contributed by atoms with Crippen LogP contribution in [0.15, 0.2) is 18.2 Å². The van der Waals surface area contributed by atoms with Crippen LogP contribution in [-0.4, -0.2) is 51.2 Å². The largest absolute Gasteiger partial charge is 0.497 e. The summed E-state index contributed by atoms with van der Waals surface area (Å²) < 4.78 is 10.4. The second-order valence-corrected chi connectivity index (χ2v) is 6.83. The summed E-state index contributed by atoms with van der Waals surface area (Å²) in [7, 11) is 3.05. The van der Waals surface area contributed by atoms with Crippen LogP contribution >= 0.6 is 0 Å². The van der Waals surface area contributed by atoms with Crippen molar-refractivity contribution >= 4 is 11.8 Å². The Morgan fingerprint density at radius 3 is 2.35 bits per heavy atom. The van der Waals surface area contributed by atoms with E-state index in [9.17, 15) is 9.59 Å². The fourth-order valence-electron chi connectivity index (χ4n) is 2.96. The van der Waals surface area contributed by atoms with Crippen LogP contribution in [0, 0.1) is 5.92 Å². The number of amides is 2. The summed E-state index contributed by atoms with van der Waals surface area (Å²) in [6.07, 6.45) is 2.19. The highest BCUT2D eigenvalue weighted by atomic mass is 16.5. The Morgan fingerprint density at radius 2 is 1.85 bits per heavy atom. The van der Waals surface area contributed by atoms with Gasteiger partial charge in [0.25, 0.3) is 5.91 Å². The molecule has 1 heterocycles. The zero-order valence-electron chi connectivity index (χ0n) is 15.9. The third kappa shape index (κ3) is 5.36. The van der Waals surface area contributed by atoms with E-state index in [2.05, 4.69) is 16.0 Å². The van der Waals surface area contributed by atoms with Gasteiger partial charge in [0, 0.05) is 24.2 Å². The first-order valence-corrected chi connectivity index (χ1v) is 8.99. The highest BCUT2D eigenvalue weighted by Gasteiger charge is 2.26. The molecule has 2 unspecified atom stereocenters. The Balaban J connectivity index is 2.03. The molecule has 1 aliphatic rings. The standard InChI is InChI=1S/C19H29N3O4/c1-12(2)17(19(24)21-11-14-6-5-7-20-14)22-18(23)13-8-15(25-3)10-16(9-13)26-4/h8-10,12,14,17,20H,5-7,11H2,1-4H3,(H,21,24)(H,22,23). The first-order valence-electron chi connectivity index (χ1n) is 8.99. The first-order chi connectivity index (χ1) is 12.4. The normalized spacial score (nSPS) is 17.7. The zero-order valence-corrected chi connectivity index (χ0v) is 15.9. The van der Waals surface area contributed by atoms with Gasteiger partial charge >= 0.3 is 0 Å². The van der Waals surface area contributed by atoms with E-state index in [1.165, 1.54) is 14.2 Å². The average Bonchev–Trinajstić information content (AvgIpc) is 3.16. The molecule has 0 bridgehead atoms. The molecular weight excluding hydrogens is 334 g/mol. The summed E-state index contributed by atoms with van der Waals surface area (Å²) in [6, 6.07) is 4.63. The van der Waals surface area contributed by atoms with Crippen molar-refractivity contribution in [3.8, 4) is 11.5 Å². The zero-order chi connectivity index (χ0) is 19.1. The summed E-state index contributed by atoms with van der Waals surface area (Å²) in [4.78, 5) is 25.2. The quantitative estimate of drug-likeness (QED) is 0.648. The maximum Gasteiger partial charge on any atom is 0.252 e. The summed E-state index contributed by atoms with van der Waals surface area (Å²) in [5.41, 5.74) is 0.386. The molecule has 7 nitrogen and oxygen atoms in total. The molecule has 1 aromatic carbocycles. The molecule has 1 aliphatic heterocycles. The van der Waals surface area contributed by atoms with Crippen molar-refractivity contribution in [2.24, 2.45) is 5.92 Å². The summed E-state index contributed by atoms with van der Waals surface area (Å²) in [5, 5.41) is 9.11. The van der Waals surface area contributed by atoms with Gasteiger partial charge in [0.1, 0.15) is 17.5 Å². The third-order valence-electron chi connectivity index (χ3n) is 4.53. The molecule has 0 radical (unpaired) electrons. The molecule has 1 fully saturated rings. The van der Waals surface area contributed by atoms with E-state index in [1.807, 2.05) is 13.8 Å². The Morgan fingerprint density at radius 1 is 1.19 bits per heavy atom. The van der Waals surface area contributed by atoms with E-state index in [1.54, 1.807) is 18.2 Å². The van der Waals surface area contributed by atoms with Gasteiger partial charge in [-0.1, -0.05) is 13.8 Å². The predicted molar refractivity (Wildman–Crippen MR) is 99.7 cm³/mol. The van der Waals surface area contributed by atoms with Crippen LogP contribution in [0.4, 0.5) is 0 Å². The first kappa shape index (κ1) is 20.0. The number of ether oxygens (including phenoxy) is 2. The molecule has 0 saturated carbocycles. The van der Waals surface area contributed by atoms with Gasteiger partial charge in [-0.15, -0.1) is 0 Å². The van der Waals surface area contributed by atoms with Gasteiger partial charge in [-0.25, -0.2) is 0 Å². The molecule has 0 spiro atoms. The maximum absolute atomic E-state index is 12.6. The average molecular weight is 363 g/mol. The van der Waals surface area contributed by atoms with Crippen LogP contribution in [0.25, 0.3) is 0 Å². The molecule has 26 heavy (non-hydrogen) atoms. The molecule has 7 heteroatoms. The van der Waals surface area contributed by atoms with Crippen LogP contribution in [-0.2, 0) is 4.79 Å². The number of rotatable bonds is 8. The fraction of sp³-hybridized carbons (Fsp3) is 0.579. The van der Waals surface area contributed by atoms with E-state index in [0.717, 1.165) is 19.4 Å². The van der Waals surface area contributed by atoms with Crippen molar-refractivity contribution in [1.29, 1.82) is 0 Å². The summed E-state index contributed by atoms with van der Waals surface area (Å²) in [5.74, 6) is 0.495. The number of hydrogen-bond acceptors (Lipinski definition) is 5. The fourth-order valence-corrected chi connectivity index (χ4v) is 2.96. The molecule has 144 valence electrons. The van der Waals surface area contributed by atoms with Crippen LogP contribution in [0.1, 0.15) is 37.0 Å². The number of hydrogen-bond donors (Lipinski definition) is 3. The Kier molecular flexibility index (Phi) is 7.26. The molecule has 1 saturated heterocycles. The predicted octanol–water partition coefficient (Wildman–Crippen LogP) is 1.33. The van der Waals surface area contributed by atoms with E-state index in [0.29, 0.717) is 29.6 Å². The molecule has 2 atom stereocenters. The Bertz CT molecular complexity index is 605. The van der Waals surface area contributed by atoms with Crippen molar-refractivity contribution in [3.63, 3.8) is 0 Å². The Labute approximate surface area is 154 Å². The van der Waals surface area contributed by atoms with Crippen LogP contribution in [0.2, 0.25) is 0 Å². The van der Waals surface area contributed by atoms with Crippen LogP contribution < -0.4 is 25.4 Å². The highest BCUT2D eigenvalue weighted by molar-refractivity contribution is 5.98. The molecule has 0 aliphatic carbocycles.